The van der Waals surface area contributed by atoms with Crippen LogP contribution in [0.25, 0.3) is 0 Å². The molecule has 0 unspecified atom stereocenters. The van der Waals surface area contributed by atoms with Crippen molar-refractivity contribution in [3.8, 4) is 0 Å². The molecule has 0 atom stereocenters. The minimum atomic E-state index is 0.568. The smallest absolute Gasteiger partial charge is 0.206 e. The Balaban J connectivity index is 1.94. The maximum atomic E-state index is 4.16. The van der Waals surface area contributed by atoms with Crippen molar-refractivity contribution in [3.05, 3.63) is 16.7 Å². The normalized spacial score (nSPS) is 10.4. The van der Waals surface area contributed by atoms with Gasteiger partial charge in [0, 0.05) is 0 Å². The number of anilines is 1. The molecule has 2 heterocycles. The van der Waals surface area contributed by atoms with E-state index >= 15 is 0 Å². The number of H-pyrrole nitrogens is 1. The van der Waals surface area contributed by atoms with Crippen LogP contribution in [0.3, 0.4) is 0 Å². The summed E-state index contributed by atoms with van der Waals surface area (Å²) in [6, 6.07) is 0. The number of nitrogens with zero attached hydrogens (tertiary/aromatic N) is 4. The van der Waals surface area contributed by atoms with Crippen LogP contribution in [0.4, 0.5) is 5.13 Å². The van der Waals surface area contributed by atoms with Gasteiger partial charge in [-0.2, -0.15) is 5.10 Å². The van der Waals surface area contributed by atoms with E-state index in [2.05, 4.69) is 30.7 Å². The fourth-order valence-corrected chi connectivity index (χ4v) is 1.58. The van der Waals surface area contributed by atoms with Gasteiger partial charge in [0.2, 0.25) is 5.13 Å². The zero-order valence-corrected chi connectivity index (χ0v) is 8.72. The number of rotatable bonds is 3. The Kier molecular flexibility index (Phi) is 2.40. The summed E-state index contributed by atoms with van der Waals surface area (Å²) in [5.74, 6) is 1.55. The summed E-state index contributed by atoms with van der Waals surface area (Å²) in [7, 11) is 0. The van der Waals surface area contributed by atoms with E-state index in [1.54, 1.807) is 0 Å². The van der Waals surface area contributed by atoms with Crippen molar-refractivity contribution >= 4 is 16.5 Å². The van der Waals surface area contributed by atoms with Gasteiger partial charge >= 0.3 is 0 Å². The SMILES string of the molecule is Cc1nc(CNc2nnc(C)s2)n[nH]1. The molecule has 0 aliphatic carbocycles. The van der Waals surface area contributed by atoms with E-state index in [-0.39, 0.29) is 0 Å². The second kappa shape index (κ2) is 3.70. The predicted octanol–water partition coefficient (Wildman–Crippen LogP) is 0.885. The minimum absolute atomic E-state index is 0.568. The molecular formula is C7H10N6S. The first kappa shape index (κ1) is 9.07. The van der Waals surface area contributed by atoms with E-state index in [9.17, 15) is 0 Å². The Hall–Kier alpha value is -1.50. The maximum absolute atomic E-state index is 4.16. The van der Waals surface area contributed by atoms with Crippen LogP contribution in [0.1, 0.15) is 16.7 Å². The second-order valence-electron chi connectivity index (χ2n) is 2.82. The standard InChI is InChI=1S/C7H10N6S/c1-4-9-6(12-10-4)3-8-7-13-11-5(2)14-7/h3H2,1-2H3,(H,8,13)(H,9,10,12). The highest BCUT2D eigenvalue weighted by Crippen LogP contribution is 2.13. The molecule has 0 spiro atoms. The first-order chi connectivity index (χ1) is 6.74. The second-order valence-corrected chi connectivity index (χ2v) is 4.00. The van der Waals surface area contributed by atoms with Crippen molar-refractivity contribution in [3.63, 3.8) is 0 Å². The van der Waals surface area contributed by atoms with Gasteiger partial charge in [-0.1, -0.05) is 11.3 Å². The van der Waals surface area contributed by atoms with E-state index in [4.69, 9.17) is 0 Å². The molecule has 74 valence electrons. The Morgan fingerprint density at radius 1 is 1.36 bits per heavy atom. The zero-order chi connectivity index (χ0) is 9.97. The highest BCUT2D eigenvalue weighted by molar-refractivity contribution is 7.15. The number of nitrogens with one attached hydrogen (secondary N) is 2. The van der Waals surface area contributed by atoms with E-state index in [1.165, 1.54) is 11.3 Å². The summed E-state index contributed by atoms with van der Waals surface area (Å²) in [5, 5.41) is 19.4. The predicted molar refractivity (Wildman–Crippen MR) is 53.1 cm³/mol. The molecule has 2 aromatic rings. The third-order valence-corrected chi connectivity index (χ3v) is 2.36. The van der Waals surface area contributed by atoms with Crippen molar-refractivity contribution in [2.24, 2.45) is 0 Å². The average Bonchev–Trinajstić information content (AvgIpc) is 2.72. The summed E-state index contributed by atoms with van der Waals surface area (Å²) in [6.07, 6.45) is 0. The lowest BCUT2D eigenvalue weighted by atomic mass is 10.6. The fourth-order valence-electron chi connectivity index (χ4n) is 0.991. The van der Waals surface area contributed by atoms with Crippen molar-refractivity contribution in [1.82, 2.24) is 25.4 Å². The first-order valence-electron chi connectivity index (χ1n) is 4.16. The lowest BCUT2D eigenvalue weighted by Gasteiger charge is -1.95. The van der Waals surface area contributed by atoms with Crippen LogP contribution >= 0.6 is 11.3 Å². The van der Waals surface area contributed by atoms with Gasteiger partial charge in [-0.05, 0) is 13.8 Å². The molecule has 2 N–H and O–H groups in total. The van der Waals surface area contributed by atoms with Gasteiger partial charge in [-0.25, -0.2) is 4.98 Å². The van der Waals surface area contributed by atoms with E-state index < -0.39 is 0 Å². The topological polar surface area (TPSA) is 79.4 Å². The fraction of sp³-hybridized carbons (Fsp3) is 0.429. The molecule has 0 aliphatic rings. The van der Waals surface area contributed by atoms with Crippen LogP contribution in [0.2, 0.25) is 0 Å². The molecule has 0 aliphatic heterocycles. The third-order valence-electron chi connectivity index (χ3n) is 1.57. The largest absolute Gasteiger partial charge is 0.353 e. The molecular weight excluding hydrogens is 200 g/mol. The molecule has 0 amide bonds. The average molecular weight is 210 g/mol. The molecule has 0 bridgehead atoms. The van der Waals surface area contributed by atoms with Crippen molar-refractivity contribution in [1.29, 1.82) is 0 Å². The Labute approximate surface area is 84.8 Å². The summed E-state index contributed by atoms with van der Waals surface area (Å²) in [5.41, 5.74) is 0. The molecule has 6 nitrogen and oxygen atoms in total. The van der Waals surface area contributed by atoms with E-state index in [0.717, 1.165) is 21.8 Å². The highest BCUT2D eigenvalue weighted by atomic mass is 32.1. The van der Waals surface area contributed by atoms with Crippen LogP contribution < -0.4 is 5.32 Å². The van der Waals surface area contributed by atoms with Gasteiger partial charge < -0.3 is 5.32 Å². The van der Waals surface area contributed by atoms with Gasteiger partial charge in [-0.3, -0.25) is 5.10 Å². The van der Waals surface area contributed by atoms with Crippen LogP contribution in [0.15, 0.2) is 0 Å². The van der Waals surface area contributed by atoms with Gasteiger partial charge in [0.15, 0.2) is 5.82 Å². The van der Waals surface area contributed by atoms with Crippen molar-refractivity contribution in [2.45, 2.75) is 20.4 Å². The molecule has 0 radical (unpaired) electrons. The molecule has 0 aromatic carbocycles. The Morgan fingerprint density at radius 2 is 2.21 bits per heavy atom. The molecule has 7 heteroatoms. The lowest BCUT2D eigenvalue weighted by molar-refractivity contribution is 0.941. The Bertz CT molecular complexity index is 379. The molecule has 0 fully saturated rings. The van der Waals surface area contributed by atoms with Crippen LogP contribution in [0.5, 0.6) is 0 Å². The molecule has 0 saturated carbocycles. The molecule has 2 rings (SSSR count). The number of hydrogen-bond acceptors (Lipinski definition) is 6. The lowest BCUT2D eigenvalue weighted by Crippen LogP contribution is -2.00. The highest BCUT2D eigenvalue weighted by Gasteiger charge is 2.02. The zero-order valence-electron chi connectivity index (χ0n) is 7.90. The molecule has 14 heavy (non-hydrogen) atoms. The van der Waals surface area contributed by atoms with Crippen molar-refractivity contribution < 1.29 is 0 Å². The number of aromatic nitrogens is 5. The maximum Gasteiger partial charge on any atom is 0.206 e. The minimum Gasteiger partial charge on any atom is -0.353 e. The molecule has 2 aromatic heterocycles. The van der Waals surface area contributed by atoms with E-state index in [0.29, 0.717) is 6.54 Å². The quantitative estimate of drug-likeness (QED) is 0.786. The van der Waals surface area contributed by atoms with Crippen molar-refractivity contribution in [2.75, 3.05) is 5.32 Å². The van der Waals surface area contributed by atoms with Gasteiger partial charge in [0.25, 0.3) is 0 Å². The van der Waals surface area contributed by atoms with Gasteiger partial charge in [0.05, 0.1) is 6.54 Å². The monoisotopic (exact) mass is 210 g/mol. The van der Waals surface area contributed by atoms with Crippen LogP contribution in [0, 0.1) is 13.8 Å². The molecule has 0 saturated heterocycles. The number of hydrogen-bond donors (Lipinski definition) is 2. The van der Waals surface area contributed by atoms with Crippen LogP contribution in [-0.2, 0) is 6.54 Å². The van der Waals surface area contributed by atoms with Gasteiger partial charge in [0.1, 0.15) is 10.8 Å². The number of aryl methyl sites for hydroxylation is 2. The summed E-state index contributed by atoms with van der Waals surface area (Å²) in [6.45, 7) is 4.35. The number of aromatic amines is 1. The third kappa shape index (κ3) is 2.05. The van der Waals surface area contributed by atoms with Crippen LogP contribution in [-0.4, -0.2) is 25.4 Å². The summed E-state index contributed by atoms with van der Waals surface area (Å²) < 4.78 is 0. The van der Waals surface area contributed by atoms with Gasteiger partial charge in [-0.15, -0.1) is 10.2 Å². The summed E-state index contributed by atoms with van der Waals surface area (Å²) in [4.78, 5) is 4.16. The first-order valence-corrected chi connectivity index (χ1v) is 4.97. The van der Waals surface area contributed by atoms with E-state index in [1.807, 2.05) is 13.8 Å². The Morgan fingerprint density at radius 3 is 2.79 bits per heavy atom. The summed E-state index contributed by atoms with van der Waals surface area (Å²) >= 11 is 1.51.